The average Bonchev–Trinajstić information content (AvgIpc) is 2.76. The number of amides is 2. The summed E-state index contributed by atoms with van der Waals surface area (Å²) in [6, 6.07) is 7.18. The number of carbonyl (C=O) groups is 4. The Kier molecular flexibility index (Phi) is 8.74. The molecule has 0 saturated heterocycles. The van der Waals surface area contributed by atoms with Gasteiger partial charge >= 0.3 is 6.09 Å². The Morgan fingerprint density at radius 1 is 1.06 bits per heavy atom. The summed E-state index contributed by atoms with van der Waals surface area (Å²) in [5.74, 6) is -1.04. The van der Waals surface area contributed by atoms with Crippen molar-refractivity contribution in [1.82, 2.24) is 4.90 Å². The van der Waals surface area contributed by atoms with Crippen LogP contribution in [0.5, 0.6) is 5.75 Å². The summed E-state index contributed by atoms with van der Waals surface area (Å²) in [4.78, 5) is 56.7. The number of anilines is 1. The molecule has 0 heterocycles. The zero-order valence-electron chi connectivity index (χ0n) is 15.9. The monoisotopic (exact) mass is 485 g/mol. The van der Waals surface area contributed by atoms with Gasteiger partial charge in [0.1, 0.15) is 5.75 Å². The van der Waals surface area contributed by atoms with Crippen molar-refractivity contribution in [3.63, 3.8) is 0 Å². The molecule has 0 aromatic heterocycles. The number of hydrogen-bond donors (Lipinski definition) is 1. The van der Waals surface area contributed by atoms with E-state index in [1.165, 1.54) is 24.3 Å². The van der Waals surface area contributed by atoms with E-state index in [0.29, 0.717) is 4.90 Å². The van der Waals surface area contributed by atoms with Crippen LogP contribution in [-0.2, 0) is 19.1 Å². The molecule has 0 fully saturated rings. The molecule has 0 radical (unpaired) electrons. The maximum absolute atomic E-state index is 12.7. The van der Waals surface area contributed by atoms with Gasteiger partial charge < -0.3 is 19.5 Å². The Morgan fingerprint density at radius 2 is 1.72 bits per heavy atom. The van der Waals surface area contributed by atoms with Crippen LogP contribution in [0.15, 0.2) is 36.4 Å². The lowest BCUT2D eigenvalue weighted by Gasteiger charge is -2.20. The zero-order valence-corrected chi connectivity index (χ0v) is 17.4. The van der Waals surface area contributed by atoms with E-state index in [2.05, 4.69) is 14.8 Å². The fourth-order valence-corrected chi connectivity index (χ4v) is 2.61. The van der Waals surface area contributed by atoms with Crippen LogP contribution >= 0.6 is 23.2 Å². The standard InChI is InChI=1S/C18H13Cl2N3O9/c19-11-1-4-16(32-18(27)22(7-30-9-24)8-31-10-25)13(5-11)17(26)21-15-3-2-12(23(28)29)6-14(15)20/h1-6,9-10H,7-8H2,(H,21,26). The molecule has 0 atom stereocenters. The molecule has 0 unspecified atom stereocenters. The van der Waals surface area contributed by atoms with E-state index in [-0.39, 0.29) is 45.7 Å². The lowest BCUT2D eigenvalue weighted by Crippen LogP contribution is -2.37. The van der Waals surface area contributed by atoms with E-state index >= 15 is 0 Å². The number of nitro benzene ring substituents is 1. The molecule has 0 spiro atoms. The highest BCUT2D eigenvalue weighted by Gasteiger charge is 2.22. The molecule has 32 heavy (non-hydrogen) atoms. The third kappa shape index (κ3) is 6.55. The van der Waals surface area contributed by atoms with Gasteiger partial charge in [0.2, 0.25) is 0 Å². The van der Waals surface area contributed by atoms with Crippen LogP contribution in [0.2, 0.25) is 10.0 Å². The molecular formula is C18H13Cl2N3O9. The Labute approximate surface area is 189 Å². The van der Waals surface area contributed by atoms with Gasteiger partial charge in [-0.3, -0.25) is 24.5 Å². The maximum atomic E-state index is 12.7. The molecule has 14 heteroatoms. The Balaban J connectivity index is 2.26. The fourth-order valence-electron chi connectivity index (χ4n) is 2.22. The minimum atomic E-state index is -1.11. The number of nitrogens with one attached hydrogen (secondary N) is 1. The number of nitro groups is 1. The second-order valence-corrected chi connectivity index (χ2v) is 6.55. The van der Waals surface area contributed by atoms with Crippen LogP contribution in [0.4, 0.5) is 16.2 Å². The lowest BCUT2D eigenvalue weighted by molar-refractivity contribution is -0.384. The second-order valence-electron chi connectivity index (χ2n) is 5.71. The van der Waals surface area contributed by atoms with Crippen molar-refractivity contribution < 1.29 is 38.3 Å². The first-order chi connectivity index (χ1) is 15.3. The van der Waals surface area contributed by atoms with Crippen LogP contribution in [0.1, 0.15) is 10.4 Å². The van der Waals surface area contributed by atoms with Gasteiger partial charge in [-0.25, -0.2) is 9.69 Å². The summed E-state index contributed by atoms with van der Waals surface area (Å²) >= 11 is 11.9. The van der Waals surface area contributed by atoms with Gasteiger partial charge in [0, 0.05) is 17.2 Å². The van der Waals surface area contributed by atoms with Gasteiger partial charge in [0.15, 0.2) is 13.5 Å². The molecule has 1 N–H and O–H groups in total. The van der Waals surface area contributed by atoms with Crippen LogP contribution in [0.3, 0.4) is 0 Å². The van der Waals surface area contributed by atoms with Gasteiger partial charge in [-0.05, 0) is 24.3 Å². The summed E-state index contributed by atoms with van der Waals surface area (Å²) in [6.07, 6.45) is -1.11. The summed E-state index contributed by atoms with van der Waals surface area (Å²) in [5, 5.41) is 13.3. The molecule has 0 saturated carbocycles. The van der Waals surface area contributed by atoms with E-state index in [0.717, 1.165) is 12.1 Å². The molecule has 2 aromatic rings. The highest BCUT2D eigenvalue weighted by molar-refractivity contribution is 6.34. The van der Waals surface area contributed by atoms with Crippen LogP contribution in [0.25, 0.3) is 0 Å². The zero-order chi connectivity index (χ0) is 23.7. The number of nitrogens with zero attached hydrogens (tertiary/aromatic N) is 2. The van der Waals surface area contributed by atoms with Crippen molar-refractivity contribution in [3.05, 3.63) is 62.1 Å². The maximum Gasteiger partial charge on any atom is 0.420 e. The first kappa shape index (κ1) is 24.4. The topological polar surface area (TPSA) is 154 Å². The smallest absolute Gasteiger partial charge is 0.420 e. The van der Waals surface area contributed by atoms with Crippen molar-refractivity contribution in [3.8, 4) is 5.75 Å². The normalized spacial score (nSPS) is 9.94. The summed E-state index contributed by atoms with van der Waals surface area (Å²) in [7, 11) is 0. The number of ether oxygens (including phenoxy) is 3. The Morgan fingerprint density at radius 3 is 2.28 bits per heavy atom. The molecule has 0 bridgehead atoms. The largest absolute Gasteiger partial charge is 0.446 e. The summed E-state index contributed by atoms with van der Waals surface area (Å²) in [6.45, 7) is -1.06. The highest BCUT2D eigenvalue weighted by atomic mass is 35.5. The number of rotatable bonds is 10. The SMILES string of the molecule is O=COCN(COC=O)C(=O)Oc1ccc(Cl)cc1C(=O)Nc1ccc([N+](=O)[O-])cc1Cl. The number of hydrogen-bond acceptors (Lipinski definition) is 9. The van der Waals surface area contributed by atoms with Crippen molar-refractivity contribution in [2.45, 2.75) is 0 Å². The summed E-state index contributed by atoms with van der Waals surface area (Å²) < 4.78 is 14.1. The number of non-ortho nitro benzene ring substituents is 1. The number of benzene rings is 2. The van der Waals surface area contributed by atoms with E-state index in [1.807, 2.05) is 0 Å². The minimum absolute atomic E-state index is 0.0555. The molecule has 0 aliphatic carbocycles. The molecule has 0 aliphatic heterocycles. The van der Waals surface area contributed by atoms with Crippen molar-refractivity contribution in [2.75, 3.05) is 18.8 Å². The van der Waals surface area contributed by atoms with Gasteiger partial charge in [0.25, 0.3) is 24.5 Å². The quantitative estimate of drug-likeness (QED) is 0.231. The molecule has 2 amide bonds. The van der Waals surface area contributed by atoms with Crippen molar-refractivity contribution in [1.29, 1.82) is 0 Å². The lowest BCUT2D eigenvalue weighted by atomic mass is 10.1. The van der Waals surface area contributed by atoms with E-state index in [9.17, 15) is 29.3 Å². The third-order valence-corrected chi connectivity index (χ3v) is 4.20. The molecule has 2 rings (SSSR count). The summed E-state index contributed by atoms with van der Waals surface area (Å²) in [5.41, 5.74) is -0.409. The van der Waals surface area contributed by atoms with Gasteiger partial charge in [-0.2, -0.15) is 0 Å². The van der Waals surface area contributed by atoms with Crippen LogP contribution < -0.4 is 10.1 Å². The average molecular weight is 486 g/mol. The highest BCUT2D eigenvalue weighted by Crippen LogP contribution is 2.29. The predicted octanol–water partition coefficient (Wildman–Crippen LogP) is 3.22. The minimum Gasteiger partial charge on any atom is -0.446 e. The Hall–Kier alpha value is -3.90. The van der Waals surface area contributed by atoms with Gasteiger partial charge in [0.05, 0.1) is 21.2 Å². The predicted molar refractivity (Wildman–Crippen MR) is 109 cm³/mol. The Bertz CT molecular complexity index is 1040. The fraction of sp³-hybridized carbons (Fsp3) is 0.111. The van der Waals surface area contributed by atoms with Crippen molar-refractivity contribution in [2.24, 2.45) is 0 Å². The first-order valence-corrected chi connectivity index (χ1v) is 9.14. The molecule has 2 aromatic carbocycles. The molecule has 168 valence electrons. The van der Waals surface area contributed by atoms with E-state index < -0.39 is 30.4 Å². The van der Waals surface area contributed by atoms with Crippen molar-refractivity contribution >= 4 is 59.5 Å². The third-order valence-electron chi connectivity index (χ3n) is 3.65. The van der Waals surface area contributed by atoms with Crippen LogP contribution in [-0.4, -0.2) is 48.2 Å². The molecule has 0 aliphatic rings. The van der Waals surface area contributed by atoms with E-state index in [1.54, 1.807) is 0 Å². The van der Waals surface area contributed by atoms with Gasteiger partial charge in [-0.1, -0.05) is 23.2 Å². The molecule has 12 nitrogen and oxygen atoms in total. The number of carbonyl (C=O) groups excluding carboxylic acids is 4. The number of halogens is 2. The molecular weight excluding hydrogens is 473 g/mol. The van der Waals surface area contributed by atoms with Gasteiger partial charge in [-0.15, -0.1) is 0 Å². The van der Waals surface area contributed by atoms with E-state index in [4.69, 9.17) is 27.9 Å². The van der Waals surface area contributed by atoms with Crippen LogP contribution in [0, 0.1) is 10.1 Å². The first-order valence-electron chi connectivity index (χ1n) is 8.39. The second kappa shape index (κ2) is 11.5.